The number of hydrogen-bond donors (Lipinski definition) is 2. The number of carbonyl (C=O) groups is 6. The molecule has 7 rings (SSSR count). The normalized spacial score (nSPS) is 13.9. The smallest absolute Gasteiger partial charge is 0.266 e. The molecule has 276 valence electrons. The van der Waals surface area contributed by atoms with Crippen molar-refractivity contribution in [2.45, 2.75) is 52.5 Å². The predicted molar refractivity (Wildman–Crippen MR) is 208 cm³/mol. The summed E-state index contributed by atoms with van der Waals surface area (Å²) in [5.41, 5.74) is 3.00. The van der Waals surface area contributed by atoms with Crippen LogP contribution in [0.1, 0.15) is 109 Å². The summed E-state index contributed by atoms with van der Waals surface area (Å²) in [6.45, 7) is 11.6. The molecule has 0 aromatic heterocycles. The first kappa shape index (κ1) is 36.5. The van der Waals surface area contributed by atoms with E-state index in [-0.39, 0.29) is 44.7 Å². The monoisotopic (exact) mass is 734 g/mol. The SMILES string of the molecule is CC(C)(C)c1cccc(NC(=O)c2ccc3c(c2)C(=O)N(c2ccc(Oc4ccc(NC(=O)c5ccc6c(c5)C(=O)N(C(C)(C)C)C6=O)cc4)cc2)C3=O)c1. The highest BCUT2D eigenvalue weighted by Gasteiger charge is 2.42. The molecule has 0 bridgehead atoms. The van der Waals surface area contributed by atoms with Crippen LogP contribution in [0.4, 0.5) is 17.1 Å². The second-order valence-corrected chi connectivity index (χ2v) is 15.4. The van der Waals surface area contributed by atoms with Crippen molar-refractivity contribution in [3.63, 3.8) is 0 Å². The molecule has 0 unspecified atom stereocenters. The lowest BCUT2D eigenvalue weighted by Gasteiger charge is -2.29. The number of benzene rings is 5. The zero-order chi connectivity index (χ0) is 39.4. The molecule has 0 fully saturated rings. The maximum absolute atomic E-state index is 13.5. The fourth-order valence-corrected chi connectivity index (χ4v) is 6.48. The summed E-state index contributed by atoms with van der Waals surface area (Å²) in [5.74, 6) is -1.80. The Kier molecular flexibility index (Phi) is 8.96. The molecule has 2 N–H and O–H groups in total. The molecule has 5 aromatic carbocycles. The molecule has 0 saturated carbocycles. The van der Waals surface area contributed by atoms with Crippen molar-refractivity contribution in [2.75, 3.05) is 15.5 Å². The van der Waals surface area contributed by atoms with Gasteiger partial charge < -0.3 is 15.4 Å². The van der Waals surface area contributed by atoms with E-state index in [1.807, 2.05) is 18.2 Å². The summed E-state index contributed by atoms with van der Waals surface area (Å²) in [5, 5.41) is 5.68. The van der Waals surface area contributed by atoms with Crippen LogP contribution in [-0.2, 0) is 5.41 Å². The van der Waals surface area contributed by atoms with Gasteiger partial charge in [0.15, 0.2) is 0 Å². The second kappa shape index (κ2) is 13.5. The first-order chi connectivity index (χ1) is 26.0. The van der Waals surface area contributed by atoms with Crippen LogP contribution in [0.15, 0.2) is 109 Å². The summed E-state index contributed by atoms with van der Waals surface area (Å²) in [7, 11) is 0. The fourth-order valence-electron chi connectivity index (χ4n) is 6.48. The van der Waals surface area contributed by atoms with Crippen LogP contribution in [0.3, 0.4) is 0 Å². The zero-order valence-corrected chi connectivity index (χ0v) is 31.1. The molecule has 2 aliphatic rings. The highest BCUT2D eigenvalue weighted by Crippen LogP contribution is 2.33. The largest absolute Gasteiger partial charge is 0.457 e. The maximum atomic E-state index is 13.5. The standard InChI is InChI=1S/C44H38N4O7/c1-43(2,3)27-8-7-9-29(24-27)46-38(50)25-10-20-33-35(22-25)40(52)47(39(33)51)30-14-18-32(19-15-30)55-31-16-12-28(13-17-31)45-37(49)26-11-21-34-36(23-26)42(54)48(41(34)53)44(4,5)6/h7-24H,1-6H3,(H,45,49)(H,46,50). The van der Waals surface area contributed by atoms with E-state index >= 15 is 0 Å². The van der Waals surface area contributed by atoms with Gasteiger partial charge in [0, 0.05) is 28.0 Å². The van der Waals surface area contributed by atoms with E-state index in [1.54, 1.807) is 75.4 Å². The van der Waals surface area contributed by atoms with Crippen molar-refractivity contribution in [3.05, 3.63) is 148 Å². The number of carbonyl (C=O) groups excluding carboxylic acids is 6. The molecule has 2 aliphatic heterocycles. The molecule has 55 heavy (non-hydrogen) atoms. The Bertz CT molecular complexity index is 2440. The third kappa shape index (κ3) is 6.99. The summed E-state index contributed by atoms with van der Waals surface area (Å²) < 4.78 is 5.96. The topological polar surface area (TPSA) is 142 Å². The Morgan fingerprint density at radius 3 is 1.58 bits per heavy atom. The van der Waals surface area contributed by atoms with Gasteiger partial charge in [-0.3, -0.25) is 33.7 Å². The van der Waals surface area contributed by atoms with E-state index < -0.39 is 35.1 Å². The lowest BCUT2D eigenvalue weighted by atomic mass is 9.87. The molecule has 0 aliphatic carbocycles. The molecule has 11 heteroatoms. The Morgan fingerprint density at radius 2 is 1.02 bits per heavy atom. The van der Waals surface area contributed by atoms with Gasteiger partial charge in [-0.25, -0.2) is 4.90 Å². The lowest BCUT2D eigenvalue weighted by molar-refractivity contribution is 0.0506. The van der Waals surface area contributed by atoms with Crippen LogP contribution < -0.4 is 20.3 Å². The third-order valence-corrected chi connectivity index (χ3v) is 9.40. The summed E-state index contributed by atoms with van der Waals surface area (Å²) >= 11 is 0. The zero-order valence-electron chi connectivity index (χ0n) is 31.1. The minimum absolute atomic E-state index is 0.0988. The van der Waals surface area contributed by atoms with Crippen molar-refractivity contribution in [3.8, 4) is 11.5 Å². The van der Waals surface area contributed by atoms with Gasteiger partial charge in [-0.05, 0) is 129 Å². The number of rotatable bonds is 7. The van der Waals surface area contributed by atoms with Crippen molar-refractivity contribution >= 4 is 52.5 Å². The number of amides is 6. The number of ether oxygens (including phenoxy) is 1. The first-order valence-electron chi connectivity index (χ1n) is 17.7. The van der Waals surface area contributed by atoms with E-state index in [1.165, 1.54) is 41.3 Å². The minimum Gasteiger partial charge on any atom is -0.457 e. The van der Waals surface area contributed by atoms with Gasteiger partial charge in [-0.15, -0.1) is 0 Å². The lowest BCUT2D eigenvalue weighted by Crippen LogP contribution is -2.45. The average molecular weight is 735 g/mol. The third-order valence-electron chi connectivity index (χ3n) is 9.40. The summed E-state index contributed by atoms with van der Waals surface area (Å²) in [4.78, 5) is 81.0. The van der Waals surface area contributed by atoms with Gasteiger partial charge in [0.2, 0.25) is 0 Å². The highest BCUT2D eigenvalue weighted by atomic mass is 16.5. The molecule has 0 radical (unpaired) electrons. The number of imide groups is 2. The quantitative estimate of drug-likeness (QED) is 0.160. The molecule has 0 spiro atoms. The molecular weight excluding hydrogens is 697 g/mol. The van der Waals surface area contributed by atoms with E-state index in [9.17, 15) is 28.8 Å². The van der Waals surface area contributed by atoms with Crippen LogP contribution in [0, 0.1) is 0 Å². The van der Waals surface area contributed by atoms with Crippen LogP contribution in [-0.4, -0.2) is 45.9 Å². The predicted octanol–water partition coefficient (Wildman–Crippen LogP) is 8.48. The van der Waals surface area contributed by atoms with Crippen LogP contribution in [0.25, 0.3) is 0 Å². The van der Waals surface area contributed by atoms with Gasteiger partial charge in [0.1, 0.15) is 11.5 Å². The Labute approximate surface area is 317 Å². The van der Waals surface area contributed by atoms with Crippen molar-refractivity contribution < 1.29 is 33.5 Å². The van der Waals surface area contributed by atoms with Crippen LogP contribution in [0.2, 0.25) is 0 Å². The van der Waals surface area contributed by atoms with E-state index in [0.717, 1.165) is 10.5 Å². The molecule has 5 aromatic rings. The average Bonchev–Trinajstić information content (AvgIpc) is 3.55. The Morgan fingerprint density at radius 1 is 0.527 bits per heavy atom. The fraction of sp³-hybridized carbons (Fsp3) is 0.182. The molecule has 11 nitrogen and oxygen atoms in total. The van der Waals surface area contributed by atoms with Gasteiger partial charge in [-0.1, -0.05) is 32.9 Å². The minimum atomic E-state index is -0.701. The number of fused-ring (bicyclic) bond motifs is 2. The van der Waals surface area contributed by atoms with Crippen molar-refractivity contribution in [2.24, 2.45) is 0 Å². The summed E-state index contributed by atoms with van der Waals surface area (Å²) in [6.07, 6.45) is 0. The number of nitrogens with one attached hydrogen (secondary N) is 2. The van der Waals surface area contributed by atoms with Gasteiger partial charge in [0.25, 0.3) is 35.4 Å². The first-order valence-corrected chi connectivity index (χ1v) is 17.7. The van der Waals surface area contributed by atoms with Gasteiger partial charge >= 0.3 is 0 Å². The number of nitrogens with zero attached hydrogens (tertiary/aromatic N) is 2. The maximum Gasteiger partial charge on any atom is 0.266 e. The molecular formula is C44H38N4O7. The molecule has 0 saturated heterocycles. The second-order valence-electron chi connectivity index (χ2n) is 15.4. The Hall–Kier alpha value is -6.88. The van der Waals surface area contributed by atoms with E-state index in [2.05, 4.69) is 31.4 Å². The van der Waals surface area contributed by atoms with E-state index in [4.69, 9.17) is 4.74 Å². The van der Waals surface area contributed by atoms with Crippen LogP contribution in [0.5, 0.6) is 11.5 Å². The van der Waals surface area contributed by atoms with E-state index in [0.29, 0.717) is 28.6 Å². The molecule has 2 heterocycles. The van der Waals surface area contributed by atoms with Crippen molar-refractivity contribution in [1.82, 2.24) is 4.90 Å². The summed E-state index contributed by atoms with van der Waals surface area (Å²) in [6, 6.07) is 29.6. The molecule has 6 amide bonds. The van der Waals surface area contributed by atoms with Gasteiger partial charge in [0.05, 0.1) is 27.9 Å². The Balaban J connectivity index is 0.979. The van der Waals surface area contributed by atoms with Crippen LogP contribution >= 0.6 is 0 Å². The highest BCUT2D eigenvalue weighted by molar-refractivity contribution is 6.35. The number of hydrogen-bond acceptors (Lipinski definition) is 7. The van der Waals surface area contributed by atoms with Crippen molar-refractivity contribution in [1.29, 1.82) is 0 Å². The number of anilines is 3. The van der Waals surface area contributed by atoms with Gasteiger partial charge in [-0.2, -0.15) is 0 Å². The molecule has 0 atom stereocenters.